The molecule has 7 heteroatoms. The molecule has 0 aromatic heterocycles. The van der Waals surface area contributed by atoms with Crippen LogP contribution in [0.15, 0.2) is 30.3 Å². The fraction of sp³-hybridized carbons (Fsp3) is 0.333. The highest BCUT2D eigenvalue weighted by Gasteiger charge is 2.24. The van der Waals surface area contributed by atoms with Crippen LogP contribution in [0.3, 0.4) is 0 Å². The van der Waals surface area contributed by atoms with E-state index in [1.807, 2.05) is 0 Å². The number of carbonyl (C=O) groups excluding carboxylic acids is 1. The van der Waals surface area contributed by atoms with Crippen molar-refractivity contribution in [3.8, 4) is 0 Å². The first kappa shape index (κ1) is 15.2. The molecule has 1 unspecified atom stereocenters. The Morgan fingerprint density at radius 3 is 2.32 bits per heavy atom. The average molecular weight is 285 g/mol. The molecule has 104 valence electrons. The monoisotopic (exact) mass is 285 g/mol. The van der Waals surface area contributed by atoms with Crippen molar-refractivity contribution in [2.45, 2.75) is 13.0 Å². The summed E-state index contributed by atoms with van der Waals surface area (Å²) in [4.78, 5) is 22.7. The molecule has 1 aromatic carbocycles. The molecule has 1 amide bonds. The standard InChI is InChI=1S/C12H15NO5S/c1-2-19(17,18)8-10(14)13-11(12(15)16)9-6-4-3-5-7-9/h3-7,11H,2,8H2,1H3,(H,13,14)(H,15,16). The first-order valence-electron chi connectivity index (χ1n) is 5.63. The molecule has 0 bridgehead atoms. The topological polar surface area (TPSA) is 101 Å². The number of nitrogens with one attached hydrogen (secondary N) is 1. The van der Waals surface area contributed by atoms with Gasteiger partial charge in [0.1, 0.15) is 5.75 Å². The molecule has 0 radical (unpaired) electrons. The minimum atomic E-state index is -3.48. The zero-order chi connectivity index (χ0) is 14.5. The molecule has 1 atom stereocenters. The zero-order valence-corrected chi connectivity index (χ0v) is 11.2. The molecule has 1 rings (SSSR count). The number of rotatable bonds is 6. The maximum absolute atomic E-state index is 11.6. The van der Waals surface area contributed by atoms with E-state index in [9.17, 15) is 18.0 Å². The summed E-state index contributed by atoms with van der Waals surface area (Å²) in [6, 6.07) is 6.84. The van der Waals surface area contributed by atoms with Gasteiger partial charge in [0.2, 0.25) is 5.91 Å². The van der Waals surface area contributed by atoms with Gasteiger partial charge >= 0.3 is 5.97 Å². The third-order valence-electron chi connectivity index (χ3n) is 2.48. The molecule has 0 saturated carbocycles. The smallest absolute Gasteiger partial charge is 0.330 e. The Balaban J connectivity index is 2.82. The third-order valence-corrected chi connectivity index (χ3v) is 4.06. The quantitative estimate of drug-likeness (QED) is 0.786. The summed E-state index contributed by atoms with van der Waals surface area (Å²) in [7, 11) is -3.48. The summed E-state index contributed by atoms with van der Waals surface area (Å²) >= 11 is 0. The number of carbonyl (C=O) groups is 2. The van der Waals surface area contributed by atoms with Crippen LogP contribution in [-0.2, 0) is 19.4 Å². The van der Waals surface area contributed by atoms with Crippen molar-refractivity contribution < 1.29 is 23.1 Å². The van der Waals surface area contributed by atoms with Crippen molar-refractivity contribution in [2.75, 3.05) is 11.5 Å². The Hall–Kier alpha value is -1.89. The van der Waals surface area contributed by atoms with Gasteiger partial charge in [-0.3, -0.25) is 4.79 Å². The van der Waals surface area contributed by atoms with Crippen LogP contribution in [0.25, 0.3) is 0 Å². The molecule has 0 saturated heterocycles. The molecule has 0 fully saturated rings. The molecule has 6 nitrogen and oxygen atoms in total. The zero-order valence-electron chi connectivity index (χ0n) is 10.4. The van der Waals surface area contributed by atoms with Gasteiger partial charge in [0.15, 0.2) is 15.9 Å². The number of hydrogen-bond acceptors (Lipinski definition) is 4. The Labute approximate surface area is 111 Å². The summed E-state index contributed by atoms with van der Waals surface area (Å²) in [5.41, 5.74) is 0.386. The fourth-order valence-corrected chi connectivity index (χ4v) is 2.12. The first-order valence-corrected chi connectivity index (χ1v) is 7.45. The summed E-state index contributed by atoms with van der Waals surface area (Å²) in [5.74, 6) is -2.93. The lowest BCUT2D eigenvalue weighted by molar-refractivity contribution is -0.141. The molecule has 19 heavy (non-hydrogen) atoms. The number of carboxylic acids is 1. The number of amides is 1. The van der Waals surface area contributed by atoms with E-state index in [1.165, 1.54) is 6.92 Å². The molecule has 1 aromatic rings. The van der Waals surface area contributed by atoms with Crippen molar-refractivity contribution in [1.29, 1.82) is 0 Å². The van der Waals surface area contributed by atoms with E-state index in [1.54, 1.807) is 30.3 Å². The Morgan fingerprint density at radius 2 is 1.84 bits per heavy atom. The van der Waals surface area contributed by atoms with Crippen LogP contribution in [0.4, 0.5) is 0 Å². The highest BCUT2D eigenvalue weighted by Crippen LogP contribution is 2.12. The number of benzene rings is 1. The molecule has 0 aliphatic rings. The van der Waals surface area contributed by atoms with Crippen LogP contribution in [0.2, 0.25) is 0 Å². The molecule has 0 aliphatic heterocycles. The van der Waals surface area contributed by atoms with Crippen molar-refractivity contribution in [1.82, 2.24) is 5.32 Å². The Bertz CT molecular complexity index is 553. The minimum absolute atomic E-state index is 0.163. The van der Waals surface area contributed by atoms with Crippen molar-refractivity contribution in [3.63, 3.8) is 0 Å². The summed E-state index contributed by atoms with van der Waals surface area (Å²) < 4.78 is 22.6. The molecular formula is C12H15NO5S. The highest BCUT2D eigenvalue weighted by atomic mass is 32.2. The highest BCUT2D eigenvalue weighted by molar-refractivity contribution is 7.92. The average Bonchev–Trinajstić information content (AvgIpc) is 2.36. The van der Waals surface area contributed by atoms with E-state index in [2.05, 4.69) is 5.32 Å². The van der Waals surface area contributed by atoms with E-state index in [0.717, 1.165) is 0 Å². The van der Waals surface area contributed by atoms with Gasteiger partial charge in [-0.15, -0.1) is 0 Å². The Kier molecular flexibility index (Phi) is 5.05. The minimum Gasteiger partial charge on any atom is -0.479 e. The second-order valence-corrected chi connectivity index (χ2v) is 6.28. The SMILES string of the molecule is CCS(=O)(=O)CC(=O)NC(C(=O)O)c1ccccc1. The first-order chi connectivity index (χ1) is 8.85. The van der Waals surface area contributed by atoms with Crippen LogP contribution in [0, 0.1) is 0 Å². The predicted octanol–water partition coefficient (Wildman–Crippen LogP) is 0.363. The maximum Gasteiger partial charge on any atom is 0.330 e. The van der Waals surface area contributed by atoms with Gasteiger partial charge in [-0.2, -0.15) is 0 Å². The lowest BCUT2D eigenvalue weighted by atomic mass is 10.1. The van der Waals surface area contributed by atoms with Crippen molar-refractivity contribution in [2.24, 2.45) is 0 Å². The molecule has 0 spiro atoms. The maximum atomic E-state index is 11.6. The van der Waals surface area contributed by atoms with E-state index in [0.29, 0.717) is 5.56 Å². The van der Waals surface area contributed by atoms with Crippen LogP contribution in [0.1, 0.15) is 18.5 Å². The molecular weight excluding hydrogens is 270 g/mol. The van der Waals surface area contributed by atoms with Crippen LogP contribution in [0.5, 0.6) is 0 Å². The van der Waals surface area contributed by atoms with E-state index < -0.39 is 33.5 Å². The second kappa shape index (κ2) is 6.33. The van der Waals surface area contributed by atoms with E-state index in [4.69, 9.17) is 5.11 Å². The number of carboxylic acid groups (broad SMARTS) is 1. The van der Waals surface area contributed by atoms with Crippen LogP contribution >= 0.6 is 0 Å². The molecule has 0 aliphatic carbocycles. The normalized spacial score (nSPS) is 12.7. The van der Waals surface area contributed by atoms with Gasteiger partial charge < -0.3 is 10.4 Å². The van der Waals surface area contributed by atoms with Gasteiger partial charge in [0.25, 0.3) is 0 Å². The van der Waals surface area contributed by atoms with Crippen molar-refractivity contribution >= 4 is 21.7 Å². The lowest BCUT2D eigenvalue weighted by Crippen LogP contribution is -2.37. The molecule has 2 N–H and O–H groups in total. The van der Waals surface area contributed by atoms with Crippen molar-refractivity contribution in [3.05, 3.63) is 35.9 Å². The largest absolute Gasteiger partial charge is 0.479 e. The van der Waals surface area contributed by atoms with E-state index in [-0.39, 0.29) is 5.75 Å². The number of sulfone groups is 1. The van der Waals surface area contributed by atoms with Gasteiger partial charge in [-0.25, -0.2) is 13.2 Å². The summed E-state index contributed by atoms with van der Waals surface area (Å²) in [6.45, 7) is 1.43. The third kappa shape index (κ3) is 4.70. The Morgan fingerprint density at radius 1 is 1.26 bits per heavy atom. The summed E-state index contributed by atoms with van der Waals surface area (Å²) in [5, 5.41) is 11.3. The van der Waals surface area contributed by atoms with Gasteiger partial charge in [-0.05, 0) is 5.56 Å². The fourth-order valence-electron chi connectivity index (χ4n) is 1.44. The molecule has 0 heterocycles. The number of aliphatic carboxylic acids is 1. The lowest BCUT2D eigenvalue weighted by Gasteiger charge is -2.14. The van der Waals surface area contributed by atoms with Gasteiger partial charge in [0, 0.05) is 5.75 Å². The predicted molar refractivity (Wildman–Crippen MR) is 69.3 cm³/mol. The van der Waals surface area contributed by atoms with Crippen LogP contribution < -0.4 is 5.32 Å². The second-order valence-electron chi connectivity index (χ2n) is 3.93. The summed E-state index contributed by atoms with van der Waals surface area (Å²) in [6.07, 6.45) is 0. The van der Waals surface area contributed by atoms with Crippen LogP contribution in [-0.4, -0.2) is 36.9 Å². The van der Waals surface area contributed by atoms with E-state index >= 15 is 0 Å². The number of hydrogen-bond donors (Lipinski definition) is 2. The van der Waals surface area contributed by atoms with Gasteiger partial charge in [0.05, 0.1) is 0 Å². The van der Waals surface area contributed by atoms with Gasteiger partial charge in [-0.1, -0.05) is 37.3 Å².